The number of hydrogen-bond donors (Lipinski definition) is 1. The molecule has 1 atom stereocenters. The molecule has 6 heteroatoms. The van der Waals surface area contributed by atoms with E-state index in [-0.39, 0.29) is 12.6 Å². The van der Waals surface area contributed by atoms with Crippen molar-refractivity contribution in [3.8, 4) is 5.75 Å². The first kappa shape index (κ1) is 16.1. The summed E-state index contributed by atoms with van der Waals surface area (Å²) in [6.07, 6.45) is -1.43. The standard InChI is InChI=1S/C15H20F3NO2/c1-20-14-5-3-11-2-4-13(8-12(11)9-14)19-6-7-21-10-15(16,17)18/h3,5,9,13,19H,2,4,6-8,10H2,1H3. The highest BCUT2D eigenvalue weighted by Crippen LogP contribution is 2.25. The SMILES string of the molecule is COc1ccc2c(c1)CC(NCCOCC(F)(F)F)CC2. The third-order valence-corrected chi connectivity index (χ3v) is 3.59. The summed E-state index contributed by atoms with van der Waals surface area (Å²) in [6, 6.07) is 6.34. The van der Waals surface area contributed by atoms with Gasteiger partial charge in [0.1, 0.15) is 12.4 Å². The second kappa shape index (κ2) is 7.13. The van der Waals surface area contributed by atoms with Crippen LogP contribution in [0.4, 0.5) is 13.2 Å². The van der Waals surface area contributed by atoms with Gasteiger partial charge in [0, 0.05) is 12.6 Å². The Morgan fingerprint density at radius 2 is 2.10 bits per heavy atom. The highest BCUT2D eigenvalue weighted by atomic mass is 19.4. The summed E-state index contributed by atoms with van der Waals surface area (Å²) in [5.74, 6) is 0.836. The minimum atomic E-state index is -4.25. The van der Waals surface area contributed by atoms with Crippen LogP contribution in [0, 0.1) is 0 Å². The van der Waals surface area contributed by atoms with E-state index in [0.717, 1.165) is 25.0 Å². The Labute approximate surface area is 122 Å². The molecule has 0 saturated carbocycles. The summed E-state index contributed by atoms with van der Waals surface area (Å²) >= 11 is 0. The van der Waals surface area contributed by atoms with Crippen LogP contribution in [-0.4, -0.2) is 39.1 Å². The molecular formula is C15H20F3NO2. The minimum Gasteiger partial charge on any atom is -0.497 e. The van der Waals surface area contributed by atoms with Crippen molar-refractivity contribution < 1.29 is 22.6 Å². The third-order valence-electron chi connectivity index (χ3n) is 3.59. The van der Waals surface area contributed by atoms with E-state index in [2.05, 4.69) is 16.1 Å². The molecule has 3 nitrogen and oxygen atoms in total. The lowest BCUT2D eigenvalue weighted by atomic mass is 9.88. The number of alkyl halides is 3. The summed E-state index contributed by atoms with van der Waals surface area (Å²) in [5, 5.41) is 3.25. The zero-order chi connectivity index (χ0) is 15.3. The van der Waals surface area contributed by atoms with E-state index in [9.17, 15) is 13.2 Å². The number of hydrogen-bond acceptors (Lipinski definition) is 3. The first-order valence-corrected chi connectivity index (χ1v) is 7.01. The molecule has 118 valence electrons. The lowest BCUT2D eigenvalue weighted by molar-refractivity contribution is -0.173. The van der Waals surface area contributed by atoms with Crippen LogP contribution < -0.4 is 10.1 Å². The number of ether oxygens (including phenoxy) is 2. The smallest absolute Gasteiger partial charge is 0.411 e. The summed E-state index contributed by atoms with van der Waals surface area (Å²) in [7, 11) is 1.64. The molecule has 1 aromatic carbocycles. The number of methoxy groups -OCH3 is 1. The molecule has 1 aliphatic rings. The molecule has 0 spiro atoms. The van der Waals surface area contributed by atoms with Crippen LogP contribution in [0.15, 0.2) is 18.2 Å². The van der Waals surface area contributed by atoms with Gasteiger partial charge in [-0.3, -0.25) is 0 Å². The van der Waals surface area contributed by atoms with Gasteiger partial charge in [0.2, 0.25) is 0 Å². The molecule has 1 N–H and O–H groups in total. The van der Waals surface area contributed by atoms with Gasteiger partial charge in [-0.15, -0.1) is 0 Å². The zero-order valence-electron chi connectivity index (χ0n) is 12.0. The van der Waals surface area contributed by atoms with Crippen LogP contribution in [0.5, 0.6) is 5.75 Å². The molecule has 21 heavy (non-hydrogen) atoms. The van der Waals surface area contributed by atoms with E-state index in [1.54, 1.807) is 7.11 Å². The van der Waals surface area contributed by atoms with E-state index < -0.39 is 12.8 Å². The van der Waals surface area contributed by atoms with Gasteiger partial charge in [-0.2, -0.15) is 13.2 Å². The van der Waals surface area contributed by atoms with Crippen molar-refractivity contribution in [3.63, 3.8) is 0 Å². The Morgan fingerprint density at radius 3 is 2.81 bits per heavy atom. The first-order valence-electron chi connectivity index (χ1n) is 7.01. The van der Waals surface area contributed by atoms with Crippen LogP contribution in [-0.2, 0) is 17.6 Å². The highest BCUT2D eigenvalue weighted by Gasteiger charge is 2.27. The number of aryl methyl sites for hydroxylation is 1. The van der Waals surface area contributed by atoms with E-state index >= 15 is 0 Å². The molecule has 1 aromatic rings. The maximum atomic E-state index is 11.9. The molecule has 0 bridgehead atoms. The van der Waals surface area contributed by atoms with Gasteiger partial charge in [0.05, 0.1) is 13.7 Å². The van der Waals surface area contributed by atoms with Gasteiger partial charge in [0.25, 0.3) is 0 Å². The van der Waals surface area contributed by atoms with Crippen molar-refractivity contribution >= 4 is 0 Å². The van der Waals surface area contributed by atoms with E-state index in [1.807, 2.05) is 12.1 Å². The largest absolute Gasteiger partial charge is 0.497 e. The third kappa shape index (κ3) is 5.21. The lowest BCUT2D eigenvalue weighted by Crippen LogP contribution is -2.37. The van der Waals surface area contributed by atoms with Crippen molar-refractivity contribution in [1.29, 1.82) is 0 Å². The normalized spacial score (nSPS) is 18.4. The van der Waals surface area contributed by atoms with Gasteiger partial charge < -0.3 is 14.8 Å². The van der Waals surface area contributed by atoms with Gasteiger partial charge in [-0.05, 0) is 42.5 Å². The van der Waals surface area contributed by atoms with Gasteiger partial charge >= 0.3 is 6.18 Å². The van der Waals surface area contributed by atoms with Crippen LogP contribution in [0.25, 0.3) is 0 Å². The number of fused-ring (bicyclic) bond motifs is 1. The highest BCUT2D eigenvalue weighted by molar-refractivity contribution is 5.37. The van der Waals surface area contributed by atoms with Crippen LogP contribution in [0.3, 0.4) is 0 Å². The maximum Gasteiger partial charge on any atom is 0.411 e. The molecule has 0 heterocycles. The fourth-order valence-electron chi connectivity index (χ4n) is 2.56. The predicted octanol–water partition coefficient (Wildman–Crippen LogP) is 2.72. The minimum absolute atomic E-state index is 0.0704. The topological polar surface area (TPSA) is 30.5 Å². The molecule has 0 amide bonds. The van der Waals surface area contributed by atoms with E-state index in [1.165, 1.54) is 11.1 Å². The first-order chi connectivity index (χ1) is 9.98. The Hall–Kier alpha value is -1.27. The predicted molar refractivity (Wildman–Crippen MR) is 73.7 cm³/mol. The fourth-order valence-corrected chi connectivity index (χ4v) is 2.56. The average molecular weight is 303 g/mol. The molecule has 0 fully saturated rings. The molecule has 2 rings (SSSR count). The summed E-state index contributed by atoms with van der Waals surface area (Å²) in [4.78, 5) is 0. The van der Waals surface area contributed by atoms with Crippen molar-refractivity contribution in [2.75, 3.05) is 26.9 Å². The maximum absolute atomic E-state index is 11.9. The Bertz CT molecular complexity index is 463. The quantitative estimate of drug-likeness (QED) is 0.820. The number of halogens is 3. The van der Waals surface area contributed by atoms with Crippen molar-refractivity contribution in [2.24, 2.45) is 0 Å². The molecule has 1 unspecified atom stereocenters. The van der Waals surface area contributed by atoms with Crippen LogP contribution >= 0.6 is 0 Å². The summed E-state index contributed by atoms with van der Waals surface area (Å²) in [6.45, 7) is -0.680. The van der Waals surface area contributed by atoms with E-state index in [4.69, 9.17) is 4.74 Å². The van der Waals surface area contributed by atoms with Crippen LogP contribution in [0.2, 0.25) is 0 Å². The molecule has 0 saturated heterocycles. The molecule has 0 aliphatic heterocycles. The summed E-state index contributed by atoms with van der Waals surface area (Å²) in [5.41, 5.74) is 2.57. The van der Waals surface area contributed by atoms with Crippen LogP contribution in [0.1, 0.15) is 17.5 Å². The van der Waals surface area contributed by atoms with Gasteiger partial charge in [-0.1, -0.05) is 6.07 Å². The zero-order valence-corrected chi connectivity index (χ0v) is 12.0. The monoisotopic (exact) mass is 303 g/mol. The second-order valence-corrected chi connectivity index (χ2v) is 5.20. The number of nitrogens with one attached hydrogen (secondary N) is 1. The van der Waals surface area contributed by atoms with Crippen molar-refractivity contribution in [1.82, 2.24) is 5.32 Å². The van der Waals surface area contributed by atoms with Crippen molar-refractivity contribution in [3.05, 3.63) is 29.3 Å². The van der Waals surface area contributed by atoms with Gasteiger partial charge in [0.15, 0.2) is 0 Å². The van der Waals surface area contributed by atoms with Gasteiger partial charge in [-0.25, -0.2) is 0 Å². The van der Waals surface area contributed by atoms with Crippen molar-refractivity contribution in [2.45, 2.75) is 31.5 Å². The summed E-state index contributed by atoms with van der Waals surface area (Å²) < 4.78 is 45.6. The molecule has 0 radical (unpaired) electrons. The Morgan fingerprint density at radius 1 is 1.29 bits per heavy atom. The number of benzene rings is 1. The molecule has 1 aliphatic carbocycles. The Kier molecular flexibility index (Phi) is 5.47. The lowest BCUT2D eigenvalue weighted by Gasteiger charge is -2.26. The Balaban J connectivity index is 1.74. The molecular weight excluding hydrogens is 283 g/mol. The fraction of sp³-hybridized carbons (Fsp3) is 0.600. The number of rotatable bonds is 6. The van der Waals surface area contributed by atoms with E-state index in [0.29, 0.717) is 6.54 Å². The second-order valence-electron chi connectivity index (χ2n) is 5.20. The molecule has 0 aromatic heterocycles. The average Bonchev–Trinajstić information content (AvgIpc) is 2.45.